The molecule has 3 heteroatoms. The van der Waals surface area contributed by atoms with E-state index in [1.807, 2.05) is 0 Å². The van der Waals surface area contributed by atoms with Crippen LogP contribution >= 0.6 is 0 Å². The lowest BCUT2D eigenvalue weighted by molar-refractivity contribution is 0.360. The molecule has 1 aromatic carbocycles. The number of rotatable bonds is 3. The largest absolute Gasteiger partial charge is 0.507 e. The summed E-state index contributed by atoms with van der Waals surface area (Å²) in [5.41, 5.74) is 3.43. The SMILES string of the molecule is CC(C)c1cc(N2CCCN(C)CC2)cc(C(C)C)c1O. The number of hydrogen-bond acceptors (Lipinski definition) is 3. The molecule has 0 aromatic heterocycles. The summed E-state index contributed by atoms with van der Waals surface area (Å²) in [6.07, 6.45) is 1.20. The van der Waals surface area contributed by atoms with Crippen LogP contribution in [0.4, 0.5) is 5.69 Å². The van der Waals surface area contributed by atoms with E-state index < -0.39 is 0 Å². The number of aromatic hydroxyl groups is 1. The second-order valence-electron chi connectivity index (χ2n) is 6.93. The number of phenolic OH excluding ortho intramolecular Hbond substituents is 1. The Morgan fingerprint density at radius 1 is 0.905 bits per heavy atom. The predicted molar refractivity (Wildman–Crippen MR) is 90.6 cm³/mol. The lowest BCUT2D eigenvalue weighted by atomic mass is 9.93. The number of benzene rings is 1. The second kappa shape index (κ2) is 6.69. The van der Waals surface area contributed by atoms with Crippen molar-refractivity contribution < 1.29 is 5.11 Å². The smallest absolute Gasteiger partial charge is 0.122 e. The average molecular weight is 290 g/mol. The van der Waals surface area contributed by atoms with E-state index in [4.69, 9.17) is 0 Å². The zero-order chi connectivity index (χ0) is 15.6. The Balaban J connectivity index is 2.38. The van der Waals surface area contributed by atoms with Crippen LogP contribution in [0.3, 0.4) is 0 Å². The maximum Gasteiger partial charge on any atom is 0.122 e. The highest BCUT2D eigenvalue weighted by Crippen LogP contribution is 2.37. The highest BCUT2D eigenvalue weighted by atomic mass is 16.3. The van der Waals surface area contributed by atoms with Crippen molar-refractivity contribution in [1.29, 1.82) is 0 Å². The second-order valence-corrected chi connectivity index (χ2v) is 6.93. The monoisotopic (exact) mass is 290 g/mol. The third-order valence-corrected chi connectivity index (χ3v) is 4.48. The number of anilines is 1. The Bertz CT molecular complexity index is 453. The van der Waals surface area contributed by atoms with E-state index in [-0.39, 0.29) is 0 Å². The maximum absolute atomic E-state index is 10.5. The minimum atomic E-state index is 0.345. The molecule has 0 atom stereocenters. The molecule has 0 radical (unpaired) electrons. The van der Waals surface area contributed by atoms with E-state index in [9.17, 15) is 5.11 Å². The molecule has 0 bridgehead atoms. The van der Waals surface area contributed by atoms with Crippen LogP contribution in [0.25, 0.3) is 0 Å². The Hall–Kier alpha value is -1.22. The molecule has 0 saturated carbocycles. The number of nitrogens with zero attached hydrogens (tertiary/aromatic N) is 2. The molecule has 118 valence electrons. The van der Waals surface area contributed by atoms with Crippen LogP contribution in [-0.2, 0) is 0 Å². The number of hydrogen-bond donors (Lipinski definition) is 1. The van der Waals surface area contributed by atoms with E-state index in [2.05, 4.69) is 56.7 Å². The summed E-state index contributed by atoms with van der Waals surface area (Å²) < 4.78 is 0. The molecule has 0 amide bonds. The molecule has 3 nitrogen and oxygen atoms in total. The molecule has 0 aliphatic carbocycles. The van der Waals surface area contributed by atoms with Gasteiger partial charge in [0.25, 0.3) is 0 Å². The van der Waals surface area contributed by atoms with Crippen molar-refractivity contribution in [3.05, 3.63) is 23.3 Å². The van der Waals surface area contributed by atoms with Crippen molar-refractivity contribution in [2.75, 3.05) is 38.1 Å². The van der Waals surface area contributed by atoms with Crippen molar-refractivity contribution >= 4 is 5.69 Å². The topological polar surface area (TPSA) is 26.7 Å². The van der Waals surface area contributed by atoms with Gasteiger partial charge in [-0.3, -0.25) is 0 Å². The van der Waals surface area contributed by atoms with E-state index in [0.29, 0.717) is 17.6 Å². The van der Waals surface area contributed by atoms with Crippen LogP contribution in [0.15, 0.2) is 12.1 Å². The van der Waals surface area contributed by atoms with Gasteiger partial charge in [0, 0.05) is 25.3 Å². The minimum absolute atomic E-state index is 0.345. The molecular weight excluding hydrogens is 260 g/mol. The van der Waals surface area contributed by atoms with Gasteiger partial charge in [0.1, 0.15) is 5.75 Å². The van der Waals surface area contributed by atoms with Crippen molar-refractivity contribution in [2.24, 2.45) is 0 Å². The third kappa shape index (κ3) is 3.70. The van der Waals surface area contributed by atoms with Crippen molar-refractivity contribution in [1.82, 2.24) is 4.90 Å². The average Bonchev–Trinajstić information content (AvgIpc) is 2.63. The van der Waals surface area contributed by atoms with Gasteiger partial charge in [-0.1, -0.05) is 27.7 Å². The Morgan fingerprint density at radius 3 is 2.00 bits per heavy atom. The van der Waals surface area contributed by atoms with Gasteiger partial charge in [0.05, 0.1) is 0 Å². The molecule has 1 aromatic rings. The first-order chi connectivity index (χ1) is 9.90. The molecule has 0 unspecified atom stereocenters. The zero-order valence-electron chi connectivity index (χ0n) is 14.2. The Morgan fingerprint density at radius 2 is 1.48 bits per heavy atom. The summed E-state index contributed by atoms with van der Waals surface area (Å²) in [6.45, 7) is 13.1. The molecule has 0 spiro atoms. The highest BCUT2D eigenvalue weighted by molar-refractivity contribution is 5.58. The highest BCUT2D eigenvalue weighted by Gasteiger charge is 2.19. The van der Waals surface area contributed by atoms with Crippen LogP contribution < -0.4 is 4.90 Å². The molecule has 2 rings (SSSR count). The summed E-state index contributed by atoms with van der Waals surface area (Å²) in [5.74, 6) is 1.19. The van der Waals surface area contributed by atoms with Gasteiger partial charge in [-0.25, -0.2) is 0 Å². The molecule has 1 aliphatic heterocycles. The van der Waals surface area contributed by atoms with Crippen molar-refractivity contribution in [3.63, 3.8) is 0 Å². The van der Waals surface area contributed by atoms with Gasteiger partial charge in [-0.15, -0.1) is 0 Å². The lowest BCUT2D eigenvalue weighted by Gasteiger charge is -2.26. The normalized spacial score (nSPS) is 17.6. The van der Waals surface area contributed by atoms with Crippen LogP contribution in [0.2, 0.25) is 0 Å². The molecule has 21 heavy (non-hydrogen) atoms. The van der Waals surface area contributed by atoms with Gasteiger partial charge in [0.15, 0.2) is 0 Å². The first kappa shape index (κ1) is 16.2. The van der Waals surface area contributed by atoms with E-state index in [1.165, 1.54) is 18.7 Å². The maximum atomic E-state index is 10.5. The zero-order valence-corrected chi connectivity index (χ0v) is 14.2. The van der Waals surface area contributed by atoms with Crippen LogP contribution in [0.5, 0.6) is 5.75 Å². The van der Waals surface area contributed by atoms with Crippen molar-refractivity contribution in [3.8, 4) is 5.75 Å². The third-order valence-electron chi connectivity index (χ3n) is 4.48. The van der Waals surface area contributed by atoms with E-state index >= 15 is 0 Å². The fourth-order valence-corrected chi connectivity index (χ4v) is 3.03. The van der Waals surface area contributed by atoms with Crippen molar-refractivity contribution in [2.45, 2.75) is 46.0 Å². The van der Waals surface area contributed by atoms with Gasteiger partial charge >= 0.3 is 0 Å². The molecule has 1 N–H and O–H groups in total. The fraction of sp³-hybridized carbons (Fsp3) is 0.667. The number of likely N-dealkylation sites (N-methyl/N-ethyl adjacent to an activating group) is 1. The fourth-order valence-electron chi connectivity index (χ4n) is 3.03. The molecular formula is C18H30N2O. The Labute approximate surface area is 129 Å². The molecule has 1 aliphatic rings. The molecule has 1 heterocycles. The van der Waals surface area contributed by atoms with Gasteiger partial charge < -0.3 is 14.9 Å². The lowest BCUT2D eigenvalue weighted by Crippen LogP contribution is -2.28. The van der Waals surface area contributed by atoms with Gasteiger partial charge in [-0.05, 0) is 55.1 Å². The first-order valence-electron chi connectivity index (χ1n) is 8.20. The quantitative estimate of drug-likeness (QED) is 0.917. The van der Waals surface area contributed by atoms with Crippen LogP contribution in [0.1, 0.15) is 57.1 Å². The van der Waals surface area contributed by atoms with E-state index in [1.54, 1.807) is 0 Å². The summed E-state index contributed by atoms with van der Waals surface area (Å²) in [4.78, 5) is 4.87. The van der Waals surface area contributed by atoms with Gasteiger partial charge in [-0.2, -0.15) is 0 Å². The first-order valence-corrected chi connectivity index (χ1v) is 8.20. The minimum Gasteiger partial charge on any atom is -0.507 e. The van der Waals surface area contributed by atoms with Crippen LogP contribution in [0, 0.1) is 0 Å². The summed E-state index contributed by atoms with van der Waals surface area (Å²) in [7, 11) is 2.19. The Kier molecular flexibility index (Phi) is 5.15. The summed E-state index contributed by atoms with van der Waals surface area (Å²) in [6, 6.07) is 4.38. The summed E-state index contributed by atoms with van der Waals surface area (Å²) >= 11 is 0. The molecule has 1 saturated heterocycles. The summed E-state index contributed by atoms with van der Waals surface area (Å²) in [5, 5.41) is 10.5. The number of phenols is 1. The molecule has 1 fully saturated rings. The van der Waals surface area contributed by atoms with Gasteiger partial charge in [0.2, 0.25) is 0 Å². The predicted octanol–water partition coefficient (Wildman–Crippen LogP) is 3.78. The standard InChI is InChI=1S/C18H30N2O/c1-13(2)16-11-15(12-17(14(3)4)18(16)21)20-8-6-7-19(5)9-10-20/h11-14,21H,6-10H2,1-5H3. The van der Waals surface area contributed by atoms with Crippen LogP contribution in [-0.4, -0.2) is 43.2 Å². The van der Waals surface area contributed by atoms with E-state index in [0.717, 1.165) is 30.8 Å².